The van der Waals surface area contributed by atoms with E-state index in [9.17, 15) is 0 Å². The maximum atomic E-state index is 5.91. The van der Waals surface area contributed by atoms with Crippen LogP contribution in [0.2, 0.25) is 0 Å². The highest BCUT2D eigenvalue weighted by Crippen LogP contribution is 2.19. The van der Waals surface area contributed by atoms with Gasteiger partial charge >= 0.3 is 0 Å². The Balaban J connectivity index is 2.69. The molecule has 0 amide bonds. The largest absolute Gasteiger partial charge is 0.365 e. The van der Waals surface area contributed by atoms with Crippen molar-refractivity contribution in [1.29, 1.82) is 0 Å². The lowest BCUT2D eigenvalue weighted by Crippen LogP contribution is -2.24. The van der Waals surface area contributed by atoms with Gasteiger partial charge in [-0.25, -0.2) is 9.97 Å². The van der Waals surface area contributed by atoms with Gasteiger partial charge in [-0.15, -0.1) is 11.6 Å². The molecule has 1 aromatic rings. The second kappa shape index (κ2) is 4.77. The summed E-state index contributed by atoms with van der Waals surface area (Å²) < 4.78 is 0.846. The first-order valence-electron chi connectivity index (χ1n) is 3.97. The zero-order valence-corrected chi connectivity index (χ0v) is 9.80. The Hall–Kier alpha value is -0.350. The molecule has 3 nitrogen and oxygen atoms in total. The molecule has 0 fully saturated rings. The van der Waals surface area contributed by atoms with Crippen molar-refractivity contribution in [3.63, 3.8) is 0 Å². The maximum absolute atomic E-state index is 5.91. The first kappa shape index (κ1) is 10.7. The van der Waals surface area contributed by atoms with Crippen molar-refractivity contribution in [3.8, 4) is 0 Å². The molecular weight excluding hydrogens is 253 g/mol. The number of hydrogen-bond acceptors (Lipinski definition) is 3. The predicted octanol–water partition coefficient (Wildman–Crippen LogP) is 2.67. The Kier molecular flexibility index (Phi) is 3.93. The van der Waals surface area contributed by atoms with Gasteiger partial charge in [0.25, 0.3) is 0 Å². The summed E-state index contributed by atoms with van der Waals surface area (Å²) in [5.41, 5.74) is 0. The topological polar surface area (TPSA) is 37.8 Å². The molecule has 13 heavy (non-hydrogen) atoms. The van der Waals surface area contributed by atoms with Crippen molar-refractivity contribution in [1.82, 2.24) is 9.97 Å². The lowest BCUT2D eigenvalue weighted by Gasteiger charge is -2.16. The van der Waals surface area contributed by atoms with Crippen LogP contribution < -0.4 is 5.32 Å². The van der Waals surface area contributed by atoms with Gasteiger partial charge in [0.05, 0.1) is 9.85 Å². The molecule has 0 saturated carbocycles. The Morgan fingerprint density at radius 1 is 1.54 bits per heavy atom. The van der Waals surface area contributed by atoms with Crippen LogP contribution in [0.3, 0.4) is 0 Å². The number of rotatable bonds is 3. The minimum atomic E-state index is 0.0573. The van der Waals surface area contributed by atoms with Crippen molar-refractivity contribution in [2.45, 2.75) is 25.3 Å². The van der Waals surface area contributed by atoms with E-state index in [2.05, 4.69) is 31.2 Å². The molecule has 0 spiro atoms. The third-order valence-electron chi connectivity index (χ3n) is 1.72. The standard InChI is InChI=1S/C8H11BrClN3/c1-5(10)6(2)13-8-7(9)3-11-4-12-8/h3-6H,1-2H3,(H,11,12,13). The van der Waals surface area contributed by atoms with Crippen molar-refractivity contribution in [2.75, 3.05) is 5.32 Å². The monoisotopic (exact) mass is 263 g/mol. The van der Waals surface area contributed by atoms with Crippen molar-refractivity contribution in [3.05, 3.63) is 17.0 Å². The minimum absolute atomic E-state index is 0.0573. The van der Waals surface area contributed by atoms with Gasteiger partial charge in [0.2, 0.25) is 0 Å². The molecule has 72 valence electrons. The van der Waals surface area contributed by atoms with E-state index in [-0.39, 0.29) is 11.4 Å². The van der Waals surface area contributed by atoms with Gasteiger partial charge in [-0.2, -0.15) is 0 Å². The van der Waals surface area contributed by atoms with Crippen LogP contribution in [0.5, 0.6) is 0 Å². The molecular formula is C8H11BrClN3. The highest BCUT2D eigenvalue weighted by molar-refractivity contribution is 9.10. The summed E-state index contributed by atoms with van der Waals surface area (Å²) in [6.45, 7) is 3.94. The number of anilines is 1. The van der Waals surface area contributed by atoms with Crippen LogP contribution in [0.25, 0.3) is 0 Å². The normalized spacial score (nSPS) is 15.1. The first-order chi connectivity index (χ1) is 6.11. The molecule has 0 radical (unpaired) electrons. The van der Waals surface area contributed by atoms with E-state index in [4.69, 9.17) is 11.6 Å². The van der Waals surface area contributed by atoms with E-state index in [1.165, 1.54) is 6.33 Å². The minimum Gasteiger partial charge on any atom is -0.365 e. The van der Waals surface area contributed by atoms with Crippen LogP contribution in [0, 0.1) is 0 Å². The molecule has 1 aromatic heterocycles. The molecule has 0 saturated heterocycles. The van der Waals surface area contributed by atoms with Gasteiger partial charge < -0.3 is 5.32 Å². The molecule has 0 aliphatic rings. The van der Waals surface area contributed by atoms with Crippen LogP contribution in [0.4, 0.5) is 5.82 Å². The smallest absolute Gasteiger partial charge is 0.143 e. The summed E-state index contributed by atoms with van der Waals surface area (Å²) in [5.74, 6) is 0.773. The van der Waals surface area contributed by atoms with Crippen LogP contribution in [0.1, 0.15) is 13.8 Å². The van der Waals surface area contributed by atoms with E-state index >= 15 is 0 Å². The van der Waals surface area contributed by atoms with Gasteiger partial charge in [-0.3, -0.25) is 0 Å². The van der Waals surface area contributed by atoms with Crippen LogP contribution in [-0.2, 0) is 0 Å². The summed E-state index contributed by atoms with van der Waals surface area (Å²) in [4.78, 5) is 7.94. The Morgan fingerprint density at radius 3 is 2.77 bits per heavy atom. The van der Waals surface area contributed by atoms with E-state index in [0.717, 1.165) is 10.3 Å². The second-order valence-electron chi connectivity index (χ2n) is 2.83. The van der Waals surface area contributed by atoms with Gasteiger partial charge in [-0.05, 0) is 29.8 Å². The summed E-state index contributed by atoms with van der Waals surface area (Å²) in [6.07, 6.45) is 3.19. The van der Waals surface area contributed by atoms with E-state index < -0.39 is 0 Å². The third-order valence-corrected chi connectivity index (χ3v) is 2.68. The van der Waals surface area contributed by atoms with Crippen molar-refractivity contribution < 1.29 is 0 Å². The molecule has 0 aromatic carbocycles. The fourth-order valence-corrected chi connectivity index (χ4v) is 1.15. The molecule has 1 heterocycles. The number of halogens is 2. The fourth-order valence-electron chi connectivity index (χ4n) is 0.749. The molecule has 1 N–H and O–H groups in total. The van der Waals surface area contributed by atoms with E-state index in [1.54, 1.807) is 6.20 Å². The molecule has 0 aliphatic heterocycles. The van der Waals surface area contributed by atoms with Gasteiger partial charge in [0, 0.05) is 12.2 Å². The van der Waals surface area contributed by atoms with Crippen LogP contribution in [0.15, 0.2) is 17.0 Å². The molecule has 0 bridgehead atoms. The van der Waals surface area contributed by atoms with Crippen LogP contribution >= 0.6 is 27.5 Å². The quantitative estimate of drug-likeness (QED) is 0.853. The van der Waals surface area contributed by atoms with E-state index in [0.29, 0.717) is 0 Å². The third kappa shape index (κ3) is 3.12. The predicted molar refractivity (Wildman–Crippen MR) is 58.1 cm³/mol. The summed E-state index contributed by atoms with van der Waals surface area (Å²) >= 11 is 9.25. The first-order valence-corrected chi connectivity index (χ1v) is 5.20. The Bertz CT molecular complexity index is 280. The van der Waals surface area contributed by atoms with E-state index in [1.807, 2.05) is 13.8 Å². The molecule has 1 rings (SSSR count). The number of aromatic nitrogens is 2. The zero-order chi connectivity index (χ0) is 9.84. The fraction of sp³-hybridized carbons (Fsp3) is 0.500. The van der Waals surface area contributed by atoms with Crippen molar-refractivity contribution in [2.24, 2.45) is 0 Å². The summed E-state index contributed by atoms with van der Waals surface area (Å²) in [7, 11) is 0. The lowest BCUT2D eigenvalue weighted by molar-refractivity contribution is 0.765. The average Bonchev–Trinajstić information content (AvgIpc) is 2.08. The van der Waals surface area contributed by atoms with Gasteiger partial charge in [0.15, 0.2) is 0 Å². The maximum Gasteiger partial charge on any atom is 0.143 e. The SMILES string of the molecule is CC(Cl)C(C)Nc1ncncc1Br. The van der Waals surface area contributed by atoms with Crippen LogP contribution in [-0.4, -0.2) is 21.4 Å². The number of nitrogens with zero attached hydrogens (tertiary/aromatic N) is 2. The molecule has 0 aliphatic carbocycles. The van der Waals surface area contributed by atoms with Gasteiger partial charge in [0.1, 0.15) is 12.1 Å². The highest BCUT2D eigenvalue weighted by Gasteiger charge is 2.10. The van der Waals surface area contributed by atoms with Gasteiger partial charge in [-0.1, -0.05) is 0 Å². The molecule has 5 heteroatoms. The average molecular weight is 265 g/mol. The molecule has 2 atom stereocenters. The zero-order valence-electron chi connectivity index (χ0n) is 7.46. The highest BCUT2D eigenvalue weighted by atomic mass is 79.9. The Morgan fingerprint density at radius 2 is 2.23 bits per heavy atom. The molecule has 2 unspecified atom stereocenters. The van der Waals surface area contributed by atoms with Crippen molar-refractivity contribution >= 4 is 33.3 Å². The number of nitrogens with one attached hydrogen (secondary N) is 1. The lowest BCUT2D eigenvalue weighted by atomic mass is 10.2. The number of alkyl halides is 1. The summed E-state index contributed by atoms with van der Waals surface area (Å²) in [5, 5.41) is 3.24. The number of hydrogen-bond donors (Lipinski definition) is 1. The summed E-state index contributed by atoms with van der Waals surface area (Å²) in [6, 6.07) is 0.174. The second-order valence-corrected chi connectivity index (χ2v) is 4.37. The Labute approximate surface area is 91.1 Å².